The number of carbonyl (C=O) groups excluding carboxylic acids is 1. The van der Waals surface area contributed by atoms with Gasteiger partial charge in [0.2, 0.25) is 0 Å². The van der Waals surface area contributed by atoms with Crippen molar-refractivity contribution < 1.29 is 4.79 Å². The molecule has 1 amide bonds. The average molecular weight is 377 g/mol. The second kappa shape index (κ2) is 9.00. The van der Waals surface area contributed by atoms with Crippen LogP contribution >= 0.6 is 0 Å². The Bertz CT molecular complexity index is 1010. The molecule has 7 heteroatoms. The maximum absolute atomic E-state index is 13.2. The number of hydrogen-bond donors (Lipinski definition) is 1. The molecule has 0 bridgehead atoms. The van der Waals surface area contributed by atoms with Crippen molar-refractivity contribution in [3.05, 3.63) is 58.5 Å². The predicted molar refractivity (Wildman–Crippen MR) is 109 cm³/mol. The SMILES string of the molecule is C=CCNC(=O)/C(C#N)=C/c1c(N2CCCCCC2)nc2ccccn2c1=O. The summed E-state index contributed by atoms with van der Waals surface area (Å²) in [5.74, 6) is -0.0101. The van der Waals surface area contributed by atoms with Gasteiger partial charge in [-0.15, -0.1) is 6.58 Å². The van der Waals surface area contributed by atoms with E-state index in [9.17, 15) is 14.9 Å². The molecule has 1 aliphatic heterocycles. The Labute approximate surface area is 163 Å². The third kappa shape index (κ3) is 4.12. The number of amides is 1. The molecule has 0 radical (unpaired) electrons. The summed E-state index contributed by atoms with van der Waals surface area (Å²) in [6, 6.07) is 7.25. The molecule has 0 spiro atoms. The van der Waals surface area contributed by atoms with Gasteiger partial charge in [-0.25, -0.2) is 4.98 Å². The Morgan fingerprint density at radius 1 is 1.29 bits per heavy atom. The maximum atomic E-state index is 13.2. The van der Waals surface area contributed by atoms with E-state index in [1.807, 2.05) is 12.1 Å². The van der Waals surface area contributed by atoms with Crippen LogP contribution in [0.25, 0.3) is 11.7 Å². The van der Waals surface area contributed by atoms with Crippen LogP contribution in [-0.2, 0) is 4.79 Å². The molecule has 28 heavy (non-hydrogen) atoms. The van der Waals surface area contributed by atoms with Crippen LogP contribution in [0.2, 0.25) is 0 Å². The number of hydrogen-bond acceptors (Lipinski definition) is 5. The first-order chi connectivity index (χ1) is 13.7. The van der Waals surface area contributed by atoms with Gasteiger partial charge in [-0.2, -0.15) is 5.26 Å². The van der Waals surface area contributed by atoms with Gasteiger partial charge in [0, 0.05) is 25.8 Å². The number of nitriles is 1. The summed E-state index contributed by atoms with van der Waals surface area (Å²) in [4.78, 5) is 32.2. The zero-order valence-corrected chi connectivity index (χ0v) is 15.7. The second-order valence-corrected chi connectivity index (χ2v) is 6.65. The molecule has 3 heterocycles. The van der Waals surface area contributed by atoms with E-state index in [1.165, 1.54) is 16.6 Å². The van der Waals surface area contributed by atoms with Crippen molar-refractivity contribution in [3.8, 4) is 6.07 Å². The van der Waals surface area contributed by atoms with Crippen LogP contribution in [-0.4, -0.2) is 34.9 Å². The lowest BCUT2D eigenvalue weighted by Crippen LogP contribution is -2.30. The van der Waals surface area contributed by atoms with Crippen molar-refractivity contribution in [2.24, 2.45) is 0 Å². The number of rotatable bonds is 5. The van der Waals surface area contributed by atoms with Gasteiger partial charge in [-0.1, -0.05) is 25.0 Å². The van der Waals surface area contributed by atoms with Gasteiger partial charge < -0.3 is 10.2 Å². The van der Waals surface area contributed by atoms with Gasteiger partial charge in [0.15, 0.2) is 0 Å². The van der Waals surface area contributed by atoms with E-state index < -0.39 is 5.91 Å². The average Bonchev–Trinajstić information content (AvgIpc) is 3.00. The van der Waals surface area contributed by atoms with Gasteiger partial charge >= 0.3 is 0 Å². The first kappa shape index (κ1) is 19.4. The molecular weight excluding hydrogens is 354 g/mol. The normalized spacial score (nSPS) is 15.0. The van der Waals surface area contributed by atoms with E-state index in [1.54, 1.807) is 18.3 Å². The van der Waals surface area contributed by atoms with Crippen LogP contribution < -0.4 is 15.8 Å². The third-order valence-electron chi connectivity index (χ3n) is 4.72. The van der Waals surface area contributed by atoms with Crippen molar-refractivity contribution in [1.29, 1.82) is 5.26 Å². The zero-order chi connectivity index (χ0) is 19.9. The van der Waals surface area contributed by atoms with Gasteiger partial charge in [-0.3, -0.25) is 14.0 Å². The summed E-state index contributed by atoms with van der Waals surface area (Å²) in [5, 5.41) is 12.0. The molecule has 1 aliphatic rings. The predicted octanol–water partition coefficient (Wildman–Crippen LogP) is 2.28. The van der Waals surface area contributed by atoms with Gasteiger partial charge in [0.05, 0.1) is 5.56 Å². The van der Waals surface area contributed by atoms with Gasteiger partial charge in [-0.05, 0) is 31.1 Å². The summed E-state index contributed by atoms with van der Waals surface area (Å²) in [6.07, 6.45) is 8.84. The molecule has 144 valence electrons. The van der Waals surface area contributed by atoms with Crippen molar-refractivity contribution >= 4 is 23.4 Å². The first-order valence-corrected chi connectivity index (χ1v) is 9.43. The lowest BCUT2D eigenvalue weighted by atomic mass is 10.1. The summed E-state index contributed by atoms with van der Waals surface area (Å²) >= 11 is 0. The summed E-state index contributed by atoms with van der Waals surface area (Å²) in [6.45, 7) is 5.37. The molecule has 3 rings (SSSR count). The molecule has 0 saturated carbocycles. The highest BCUT2D eigenvalue weighted by molar-refractivity contribution is 6.02. The quantitative estimate of drug-likeness (QED) is 0.490. The van der Waals surface area contributed by atoms with Crippen molar-refractivity contribution in [2.75, 3.05) is 24.5 Å². The Morgan fingerprint density at radius 2 is 2.04 bits per heavy atom. The number of pyridine rings is 1. The minimum atomic E-state index is -0.540. The molecule has 0 aromatic carbocycles. The molecule has 7 nitrogen and oxygen atoms in total. The monoisotopic (exact) mass is 377 g/mol. The molecular formula is C21H23N5O2. The first-order valence-electron chi connectivity index (χ1n) is 9.43. The summed E-state index contributed by atoms with van der Waals surface area (Å²) < 4.78 is 1.43. The number of nitrogens with one attached hydrogen (secondary N) is 1. The van der Waals surface area contributed by atoms with Gasteiger partial charge in [0.1, 0.15) is 23.1 Å². The third-order valence-corrected chi connectivity index (χ3v) is 4.72. The Hall–Kier alpha value is -3.40. The van der Waals surface area contributed by atoms with Crippen molar-refractivity contribution in [3.63, 3.8) is 0 Å². The van der Waals surface area contributed by atoms with E-state index >= 15 is 0 Å². The molecule has 0 aliphatic carbocycles. The molecule has 1 N–H and O–H groups in total. The highest BCUT2D eigenvalue weighted by atomic mass is 16.1. The molecule has 0 atom stereocenters. The molecule has 1 saturated heterocycles. The fraction of sp³-hybridized carbons (Fsp3) is 0.333. The highest BCUT2D eigenvalue weighted by Crippen LogP contribution is 2.22. The number of nitrogens with zero attached hydrogens (tertiary/aromatic N) is 4. The molecule has 1 fully saturated rings. The molecule has 2 aromatic heterocycles. The topological polar surface area (TPSA) is 90.5 Å². The number of fused-ring (bicyclic) bond motifs is 1. The maximum Gasteiger partial charge on any atom is 0.267 e. The van der Waals surface area contributed by atoms with Gasteiger partial charge in [0.25, 0.3) is 11.5 Å². The number of anilines is 1. The number of aromatic nitrogens is 2. The fourth-order valence-corrected chi connectivity index (χ4v) is 3.29. The van der Waals surface area contributed by atoms with E-state index in [4.69, 9.17) is 4.98 Å². The largest absolute Gasteiger partial charge is 0.356 e. The Kier molecular flexibility index (Phi) is 6.22. The van der Waals surface area contributed by atoms with Crippen LogP contribution in [0.1, 0.15) is 31.2 Å². The minimum absolute atomic E-state index is 0.132. The lowest BCUT2D eigenvalue weighted by molar-refractivity contribution is -0.116. The van der Waals surface area contributed by atoms with Crippen LogP contribution in [0, 0.1) is 11.3 Å². The van der Waals surface area contributed by atoms with Crippen molar-refractivity contribution in [1.82, 2.24) is 14.7 Å². The van der Waals surface area contributed by atoms with Crippen LogP contribution in [0.3, 0.4) is 0 Å². The Morgan fingerprint density at radius 3 is 2.71 bits per heavy atom. The van der Waals surface area contributed by atoms with Crippen molar-refractivity contribution in [2.45, 2.75) is 25.7 Å². The summed E-state index contributed by atoms with van der Waals surface area (Å²) in [7, 11) is 0. The van der Waals surface area contributed by atoms with E-state index in [0.717, 1.165) is 38.8 Å². The molecule has 0 unspecified atom stereocenters. The van der Waals surface area contributed by atoms with Crippen LogP contribution in [0.15, 0.2) is 47.4 Å². The fourth-order valence-electron chi connectivity index (χ4n) is 3.29. The van der Waals surface area contributed by atoms with Crippen LogP contribution in [0.5, 0.6) is 0 Å². The highest BCUT2D eigenvalue weighted by Gasteiger charge is 2.20. The zero-order valence-electron chi connectivity index (χ0n) is 15.7. The van der Waals surface area contributed by atoms with E-state index in [2.05, 4.69) is 16.8 Å². The lowest BCUT2D eigenvalue weighted by Gasteiger charge is -2.23. The standard InChI is InChI=1S/C21H23N5O2/c1-2-10-23-20(27)16(15-22)14-17-19(25-11-6-3-4-7-12-25)24-18-9-5-8-13-26(18)21(17)28/h2,5,8-9,13-14H,1,3-4,6-7,10-12H2,(H,23,27)/b16-14+. The van der Waals surface area contributed by atoms with E-state index in [-0.39, 0.29) is 23.2 Å². The van der Waals surface area contributed by atoms with E-state index in [0.29, 0.717) is 11.5 Å². The smallest absolute Gasteiger partial charge is 0.267 e. The van der Waals surface area contributed by atoms with Crippen LogP contribution in [0.4, 0.5) is 5.82 Å². The summed E-state index contributed by atoms with van der Waals surface area (Å²) in [5.41, 5.74) is 0.372. The number of carbonyl (C=O) groups is 1. The Balaban J connectivity index is 2.16. The minimum Gasteiger partial charge on any atom is -0.356 e. The molecule has 2 aromatic rings. The second-order valence-electron chi connectivity index (χ2n) is 6.65.